The molecular weight excluding hydrogens is 468 g/mol. The third-order valence-electron chi connectivity index (χ3n) is 7.12. The Balaban J connectivity index is 1.63. The lowest BCUT2D eigenvalue weighted by Gasteiger charge is -2.28. The summed E-state index contributed by atoms with van der Waals surface area (Å²) < 4.78 is 2.18. The fourth-order valence-electron chi connectivity index (χ4n) is 5.24. The summed E-state index contributed by atoms with van der Waals surface area (Å²) in [4.78, 5) is 25.2. The van der Waals surface area contributed by atoms with E-state index < -0.39 is 0 Å². The summed E-state index contributed by atoms with van der Waals surface area (Å²) in [6, 6.07) is 23.0. The average molecular weight is 503 g/mol. The fraction of sp³-hybridized carbons (Fsp3) is 0.242. The van der Waals surface area contributed by atoms with E-state index in [-0.39, 0.29) is 11.9 Å². The molecule has 5 rings (SSSR count). The van der Waals surface area contributed by atoms with Gasteiger partial charge < -0.3 is 4.90 Å². The zero-order valence-electron chi connectivity index (χ0n) is 23.0. The minimum absolute atomic E-state index is 0.00117. The number of nitrogens with zero attached hydrogens (tertiary/aromatic N) is 4. The van der Waals surface area contributed by atoms with Gasteiger partial charge >= 0.3 is 0 Å². The van der Waals surface area contributed by atoms with Gasteiger partial charge in [-0.3, -0.25) is 14.3 Å². The highest BCUT2D eigenvalue weighted by molar-refractivity contribution is 5.97. The Morgan fingerprint density at radius 1 is 0.816 bits per heavy atom. The first-order chi connectivity index (χ1) is 18.2. The van der Waals surface area contributed by atoms with E-state index in [0.29, 0.717) is 6.54 Å². The molecule has 0 spiro atoms. The molecule has 0 aliphatic rings. The first kappa shape index (κ1) is 25.4. The Morgan fingerprint density at radius 2 is 1.47 bits per heavy atom. The lowest BCUT2D eigenvalue weighted by Crippen LogP contribution is -2.38. The van der Waals surface area contributed by atoms with Crippen molar-refractivity contribution in [3.05, 3.63) is 113 Å². The molecule has 5 heteroatoms. The Hall–Kier alpha value is -4.25. The highest BCUT2D eigenvalue weighted by atomic mass is 16.2. The molecule has 2 aromatic heterocycles. The number of fused-ring (bicyclic) bond motifs is 1. The van der Waals surface area contributed by atoms with Crippen LogP contribution < -0.4 is 0 Å². The van der Waals surface area contributed by atoms with Crippen molar-refractivity contribution in [2.75, 3.05) is 0 Å². The van der Waals surface area contributed by atoms with Gasteiger partial charge in [-0.05, 0) is 100 Å². The predicted molar refractivity (Wildman–Crippen MR) is 155 cm³/mol. The summed E-state index contributed by atoms with van der Waals surface area (Å²) >= 11 is 0. The Kier molecular flexibility index (Phi) is 6.85. The van der Waals surface area contributed by atoms with Gasteiger partial charge in [0.25, 0.3) is 5.91 Å². The molecule has 5 nitrogen and oxygen atoms in total. The van der Waals surface area contributed by atoms with Gasteiger partial charge in [0.2, 0.25) is 0 Å². The maximum atomic E-state index is 14.0. The van der Waals surface area contributed by atoms with Crippen LogP contribution in [0.3, 0.4) is 0 Å². The van der Waals surface area contributed by atoms with Crippen LogP contribution in [0.2, 0.25) is 0 Å². The number of hydrogen-bond donors (Lipinski definition) is 0. The van der Waals surface area contributed by atoms with Crippen molar-refractivity contribution in [3.63, 3.8) is 0 Å². The molecule has 1 amide bonds. The monoisotopic (exact) mass is 502 g/mol. The van der Waals surface area contributed by atoms with Crippen LogP contribution in [-0.2, 0) is 6.54 Å². The van der Waals surface area contributed by atoms with Gasteiger partial charge in [-0.1, -0.05) is 41.5 Å². The van der Waals surface area contributed by atoms with Crippen molar-refractivity contribution in [2.24, 2.45) is 0 Å². The van der Waals surface area contributed by atoms with E-state index in [4.69, 9.17) is 4.98 Å². The van der Waals surface area contributed by atoms with Gasteiger partial charge in [0.1, 0.15) is 5.82 Å². The number of pyridine rings is 1. The summed E-state index contributed by atoms with van der Waals surface area (Å²) in [5.41, 5.74) is 10.3. The third-order valence-corrected chi connectivity index (χ3v) is 7.12. The summed E-state index contributed by atoms with van der Waals surface area (Å²) in [5.74, 6) is 0.871. The van der Waals surface area contributed by atoms with E-state index >= 15 is 0 Å². The highest BCUT2D eigenvalue weighted by Gasteiger charge is 2.25. The van der Waals surface area contributed by atoms with Gasteiger partial charge in [-0.2, -0.15) is 0 Å². The van der Waals surface area contributed by atoms with E-state index in [1.54, 1.807) is 12.4 Å². The van der Waals surface area contributed by atoms with Gasteiger partial charge in [0, 0.05) is 29.7 Å². The van der Waals surface area contributed by atoms with E-state index in [1.165, 1.54) is 11.1 Å². The van der Waals surface area contributed by atoms with Crippen molar-refractivity contribution in [1.82, 2.24) is 19.4 Å². The van der Waals surface area contributed by atoms with Crippen LogP contribution in [0, 0.1) is 27.7 Å². The molecule has 0 radical (unpaired) electrons. The molecular formula is C33H34N4O. The first-order valence-electron chi connectivity index (χ1n) is 13.1. The summed E-state index contributed by atoms with van der Waals surface area (Å²) in [5, 5.41) is 0. The zero-order chi connectivity index (χ0) is 27.0. The number of aryl methyl sites for hydroxylation is 4. The second-order valence-electron chi connectivity index (χ2n) is 10.4. The zero-order valence-corrected chi connectivity index (χ0v) is 23.0. The minimum Gasteiger partial charge on any atom is -0.329 e. The summed E-state index contributed by atoms with van der Waals surface area (Å²) in [6.07, 6.45) is 3.61. The molecule has 5 aromatic rings. The van der Waals surface area contributed by atoms with E-state index in [9.17, 15) is 4.79 Å². The second kappa shape index (κ2) is 10.3. The normalized spacial score (nSPS) is 11.3. The number of rotatable bonds is 6. The summed E-state index contributed by atoms with van der Waals surface area (Å²) in [7, 11) is 0. The van der Waals surface area contributed by atoms with Crippen LogP contribution in [0.4, 0.5) is 0 Å². The Labute approximate surface area is 224 Å². The van der Waals surface area contributed by atoms with Crippen molar-refractivity contribution in [1.29, 1.82) is 0 Å². The SMILES string of the molecule is Cc1ccc(-n2c(CN(C(=O)c3c(C)cc(C)cc3C)C(C)C)nc3cc(-c4ccncc4)ccc32)cc1. The molecule has 192 valence electrons. The molecule has 0 N–H and O–H groups in total. The number of aromatic nitrogens is 3. The van der Waals surface area contributed by atoms with Gasteiger partial charge in [0.05, 0.1) is 17.6 Å². The van der Waals surface area contributed by atoms with Crippen LogP contribution in [0.1, 0.15) is 52.3 Å². The minimum atomic E-state index is 0.00117. The molecule has 38 heavy (non-hydrogen) atoms. The standard InChI is InChI=1S/C33H34N4O/c1-21(2)36(33(38)32-24(5)17-23(4)18-25(32)6)20-31-35-29-19-27(26-13-15-34-16-14-26)9-12-30(29)37(31)28-10-7-22(3)8-11-28/h7-19,21H,20H2,1-6H3. The molecule has 2 heterocycles. The average Bonchev–Trinajstić information content (AvgIpc) is 3.24. The molecule has 3 aromatic carbocycles. The predicted octanol–water partition coefficient (Wildman–Crippen LogP) is 7.37. The van der Waals surface area contributed by atoms with Crippen molar-refractivity contribution < 1.29 is 4.79 Å². The molecule has 0 aliphatic carbocycles. The molecule has 0 saturated carbocycles. The quantitative estimate of drug-likeness (QED) is 0.244. The number of carbonyl (C=O) groups is 1. The lowest BCUT2D eigenvalue weighted by atomic mass is 9.98. The van der Waals surface area contributed by atoms with Crippen molar-refractivity contribution in [2.45, 2.75) is 54.1 Å². The molecule has 0 saturated heterocycles. The Morgan fingerprint density at radius 3 is 2.11 bits per heavy atom. The number of amides is 1. The summed E-state index contributed by atoms with van der Waals surface area (Å²) in [6.45, 7) is 12.7. The maximum absolute atomic E-state index is 14.0. The maximum Gasteiger partial charge on any atom is 0.255 e. The second-order valence-corrected chi connectivity index (χ2v) is 10.4. The van der Waals surface area contributed by atoms with Crippen molar-refractivity contribution >= 4 is 16.9 Å². The van der Waals surface area contributed by atoms with Crippen molar-refractivity contribution in [3.8, 4) is 16.8 Å². The van der Waals surface area contributed by atoms with Crippen LogP contribution >= 0.6 is 0 Å². The number of hydrogen-bond acceptors (Lipinski definition) is 3. The van der Waals surface area contributed by atoms with E-state index in [0.717, 1.165) is 50.4 Å². The highest BCUT2D eigenvalue weighted by Crippen LogP contribution is 2.29. The van der Waals surface area contributed by atoms with Crippen LogP contribution in [0.15, 0.2) is 79.1 Å². The van der Waals surface area contributed by atoms with Crippen LogP contribution in [0.5, 0.6) is 0 Å². The molecule has 0 fully saturated rings. The number of benzene rings is 3. The smallest absolute Gasteiger partial charge is 0.255 e. The van der Waals surface area contributed by atoms with Crippen LogP contribution in [0.25, 0.3) is 27.8 Å². The fourth-order valence-corrected chi connectivity index (χ4v) is 5.24. The molecule has 0 atom stereocenters. The van der Waals surface area contributed by atoms with Gasteiger partial charge in [0.15, 0.2) is 0 Å². The molecule has 0 bridgehead atoms. The molecule has 0 unspecified atom stereocenters. The van der Waals surface area contributed by atoms with E-state index in [1.807, 2.05) is 30.9 Å². The van der Waals surface area contributed by atoms with Gasteiger partial charge in [-0.15, -0.1) is 0 Å². The molecule has 0 aliphatic heterocycles. The number of imidazole rings is 1. The Bertz CT molecular complexity index is 1590. The van der Waals surface area contributed by atoms with Crippen LogP contribution in [-0.4, -0.2) is 31.4 Å². The third kappa shape index (κ3) is 4.84. The first-order valence-corrected chi connectivity index (χ1v) is 13.1. The largest absolute Gasteiger partial charge is 0.329 e. The van der Waals surface area contributed by atoms with Gasteiger partial charge in [-0.25, -0.2) is 4.98 Å². The number of carbonyl (C=O) groups excluding carboxylic acids is 1. The van der Waals surface area contributed by atoms with E-state index in [2.05, 4.69) is 91.8 Å². The lowest BCUT2D eigenvalue weighted by molar-refractivity contribution is 0.0683. The topological polar surface area (TPSA) is 51.0 Å².